The molecule has 0 amide bonds. The summed E-state index contributed by atoms with van der Waals surface area (Å²) in [6, 6.07) is 0. The maximum Gasteiger partial charge on any atom is 0.0622 e. The maximum absolute atomic E-state index is 10.7. The molecule has 150 valence electrons. The highest BCUT2D eigenvalue weighted by Crippen LogP contribution is 2.68. The molecule has 3 heteroatoms. The van der Waals surface area contributed by atoms with E-state index in [-0.39, 0.29) is 11.5 Å². The van der Waals surface area contributed by atoms with Crippen molar-refractivity contribution in [3.8, 4) is 0 Å². The third-order valence-corrected chi connectivity index (χ3v) is 9.72. The zero-order valence-electron chi connectivity index (χ0n) is 17.3. The highest BCUT2D eigenvalue weighted by Gasteiger charge is 2.62. The normalized spacial score (nSPS) is 54.9. The minimum Gasteiger partial charge on any atom is -0.393 e. The van der Waals surface area contributed by atoms with E-state index < -0.39 is 5.60 Å². The van der Waals surface area contributed by atoms with Crippen molar-refractivity contribution in [3.63, 3.8) is 0 Å². The van der Waals surface area contributed by atoms with Crippen LogP contribution in [0.5, 0.6) is 0 Å². The average molecular weight is 365 g/mol. The second kappa shape index (κ2) is 6.46. The average Bonchev–Trinajstić information content (AvgIpc) is 2.92. The topological polar surface area (TPSA) is 49.7 Å². The number of hydrogen-bond donors (Lipinski definition) is 2. The first kappa shape index (κ1) is 19.2. The fraction of sp³-hybridized carbons (Fsp3) is 1.00. The quantitative estimate of drug-likeness (QED) is 0.780. The summed E-state index contributed by atoms with van der Waals surface area (Å²) in [5.74, 6) is 3.43. The van der Waals surface area contributed by atoms with Crippen molar-refractivity contribution in [3.05, 3.63) is 0 Å². The molecule has 0 aromatic rings. The van der Waals surface area contributed by atoms with Crippen molar-refractivity contribution in [2.24, 2.45) is 40.4 Å². The third-order valence-electron chi connectivity index (χ3n) is 9.72. The maximum atomic E-state index is 10.7. The van der Waals surface area contributed by atoms with Crippen LogP contribution in [-0.2, 0) is 4.74 Å². The summed E-state index contributed by atoms with van der Waals surface area (Å²) in [5.41, 5.74) is 0.128. The lowest BCUT2D eigenvalue weighted by Crippen LogP contribution is -2.58. The van der Waals surface area contributed by atoms with E-state index in [0.717, 1.165) is 43.6 Å². The second-order valence-electron chi connectivity index (χ2n) is 11.0. The molecule has 4 rings (SSSR count). The Balaban J connectivity index is 1.64. The predicted molar refractivity (Wildman–Crippen MR) is 104 cm³/mol. The lowest BCUT2D eigenvalue weighted by Gasteiger charge is -2.62. The number of fused-ring (bicyclic) bond motifs is 5. The van der Waals surface area contributed by atoms with Crippen molar-refractivity contribution in [1.82, 2.24) is 0 Å². The Morgan fingerprint density at radius 3 is 2.46 bits per heavy atom. The van der Waals surface area contributed by atoms with Crippen LogP contribution in [-0.4, -0.2) is 35.6 Å². The molecule has 3 nitrogen and oxygen atoms in total. The molecule has 0 bridgehead atoms. The zero-order valence-corrected chi connectivity index (χ0v) is 17.3. The van der Waals surface area contributed by atoms with Crippen molar-refractivity contribution >= 4 is 0 Å². The molecule has 9 atom stereocenters. The molecule has 0 aromatic heterocycles. The van der Waals surface area contributed by atoms with Gasteiger partial charge in [-0.3, -0.25) is 0 Å². The lowest BCUT2D eigenvalue weighted by molar-refractivity contribution is -0.176. The van der Waals surface area contributed by atoms with Gasteiger partial charge in [0.1, 0.15) is 0 Å². The zero-order chi connectivity index (χ0) is 18.7. The van der Waals surface area contributed by atoms with Gasteiger partial charge in [0.25, 0.3) is 0 Å². The number of methoxy groups -OCH3 is 1. The van der Waals surface area contributed by atoms with Gasteiger partial charge in [-0.1, -0.05) is 6.92 Å². The summed E-state index contributed by atoms with van der Waals surface area (Å²) in [5, 5.41) is 21.1. The van der Waals surface area contributed by atoms with E-state index in [1.807, 2.05) is 21.0 Å². The molecule has 4 aliphatic rings. The van der Waals surface area contributed by atoms with Crippen molar-refractivity contribution in [1.29, 1.82) is 0 Å². The molecule has 4 saturated carbocycles. The Labute approximate surface area is 159 Å². The molecule has 0 aromatic carbocycles. The van der Waals surface area contributed by atoms with Crippen LogP contribution in [0.1, 0.15) is 78.6 Å². The predicted octanol–water partition coefficient (Wildman–Crippen LogP) is 4.40. The summed E-state index contributed by atoms with van der Waals surface area (Å²) in [7, 11) is 1.87. The van der Waals surface area contributed by atoms with Gasteiger partial charge in [-0.05, 0) is 112 Å². The summed E-state index contributed by atoms with van der Waals surface area (Å²) < 4.78 is 5.83. The minimum absolute atomic E-state index is 0.171. The Morgan fingerprint density at radius 1 is 1.00 bits per heavy atom. The van der Waals surface area contributed by atoms with Gasteiger partial charge in [0.15, 0.2) is 0 Å². The molecule has 0 heterocycles. The number of hydrogen-bond acceptors (Lipinski definition) is 3. The molecule has 2 N–H and O–H groups in total. The Bertz CT molecular complexity index is 530. The number of rotatable bonds is 3. The van der Waals surface area contributed by atoms with Gasteiger partial charge < -0.3 is 14.9 Å². The molecule has 2 unspecified atom stereocenters. The van der Waals surface area contributed by atoms with Crippen molar-refractivity contribution < 1.29 is 14.9 Å². The van der Waals surface area contributed by atoms with Crippen LogP contribution in [0.3, 0.4) is 0 Å². The third kappa shape index (κ3) is 2.71. The fourth-order valence-electron chi connectivity index (χ4n) is 8.62. The van der Waals surface area contributed by atoms with E-state index in [1.54, 1.807) is 0 Å². The first-order chi connectivity index (χ1) is 12.2. The fourth-order valence-corrected chi connectivity index (χ4v) is 8.62. The lowest BCUT2D eigenvalue weighted by atomic mass is 9.43. The molecule has 0 radical (unpaired) electrons. The molecule has 0 aliphatic heterocycles. The first-order valence-corrected chi connectivity index (χ1v) is 11.1. The molecule has 0 spiro atoms. The van der Waals surface area contributed by atoms with Gasteiger partial charge in [0.2, 0.25) is 0 Å². The Hall–Kier alpha value is -0.120. The van der Waals surface area contributed by atoms with Crippen LogP contribution in [0.15, 0.2) is 0 Å². The minimum atomic E-state index is -0.483. The molecule has 4 aliphatic carbocycles. The van der Waals surface area contributed by atoms with Gasteiger partial charge in [-0.25, -0.2) is 0 Å². The number of aliphatic hydroxyl groups is 2. The highest BCUT2D eigenvalue weighted by molar-refractivity contribution is 5.11. The van der Waals surface area contributed by atoms with Crippen LogP contribution >= 0.6 is 0 Å². The van der Waals surface area contributed by atoms with Gasteiger partial charge >= 0.3 is 0 Å². The molecular weight excluding hydrogens is 324 g/mol. The van der Waals surface area contributed by atoms with Crippen LogP contribution in [0.4, 0.5) is 0 Å². The number of aliphatic hydroxyl groups excluding tert-OH is 1. The van der Waals surface area contributed by atoms with E-state index in [1.165, 1.54) is 38.5 Å². The summed E-state index contributed by atoms with van der Waals surface area (Å²) in [4.78, 5) is 0. The second-order valence-corrected chi connectivity index (χ2v) is 11.0. The summed E-state index contributed by atoms with van der Waals surface area (Å²) in [6.07, 6.45) is 10.5. The van der Waals surface area contributed by atoms with Gasteiger partial charge in [0, 0.05) is 7.11 Å². The van der Waals surface area contributed by atoms with Crippen molar-refractivity contribution in [2.75, 3.05) is 13.7 Å². The standard InChI is InChI=1S/C23H40O3/c1-15(24)18-7-8-19-17-6-5-16-13-21(2,25)11-12-23(16,14-26-4)20(17)9-10-22(18,19)3/h15-20,24-25H,5-14H2,1-4H3/t15?,16-,17-,18?,19-,20-,21+,22+,23+/m0/s1. The van der Waals surface area contributed by atoms with Crippen molar-refractivity contribution in [2.45, 2.75) is 90.3 Å². The van der Waals surface area contributed by atoms with E-state index in [2.05, 4.69) is 6.92 Å². The molecule has 0 saturated heterocycles. The molecular formula is C23H40O3. The Kier molecular flexibility index (Phi) is 4.77. The molecule has 26 heavy (non-hydrogen) atoms. The van der Waals surface area contributed by atoms with Crippen LogP contribution in [0.2, 0.25) is 0 Å². The summed E-state index contributed by atoms with van der Waals surface area (Å²) in [6.45, 7) is 7.41. The Morgan fingerprint density at radius 2 is 1.77 bits per heavy atom. The van der Waals surface area contributed by atoms with Gasteiger partial charge in [-0.2, -0.15) is 0 Å². The van der Waals surface area contributed by atoms with E-state index in [9.17, 15) is 10.2 Å². The number of ether oxygens (including phenoxy) is 1. The highest BCUT2D eigenvalue weighted by atomic mass is 16.5. The van der Waals surface area contributed by atoms with Gasteiger partial charge in [-0.15, -0.1) is 0 Å². The monoisotopic (exact) mass is 364 g/mol. The largest absolute Gasteiger partial charge is 0.393 e. The SMILES string of the molecule is COC[C@]12CC[C@@](C)(O)C[C@@H]1CC[C@@H]1[C@@H]2CC[C@]2(C)C(C(C)O)CC[C@@H]12. The first-order valence-electron chi connectivity index (χ1n) is 11.1. The van der Waals surface area contributed by atoms with Crippen LogP contribution < -0.4 is 0 Å². The molecule has 4 fully saturated rings. The van der Waals surface area contributed by atoms with Crippen LogP contribution in [0, 0.1) is 40.4 Å². The van der Waals surface area contributed by atoms with E-state index in [4.69, 9.17) is 4.74 Å². The van der Waals surface area contributed by atoms with E-state index >= 15 is 0 Å². The van der Waals surface area contributed by atoms with E-state index in [0.29, 0.717) is 17.3 Å². The smallest absolute Gasteiger partial charge is 0.0622 e. The van der Waals surface area contributed by atoms with Crippen LogP contribution in [0.25, 0.3) is 0 Å². The van der Waals surface area contributed by atoms with Gasteiger partial charge in [0.05, 0.1) is 18.3 Å². The summed E-state index contributed by atoms with van der Waals surface area (Å²) >= 11 is 0.